The monoisotopic (exact) mass is 475 g/mol. The molecule has 170 valence electrons. The van der Waals surface area contributed by atoms with Crippen molar-refractivity contribution in [1.29, 1.82) is 0 Å². The molecule has 1 atom stereocenters. The van der Waals surface area contributed by atoms with E-state index in [1.54, 1.807) is 35.0 Å². The Labute approximate surface area is 192 Å². The number of rotatable bonds is 6. The normalized spacial score (nSPS) is 17.7. The number of amides is 1. The molecular weight excluding hydrogens is 450 g/mol. The Morgan fingerprint density at radius 1 is 1.25 bits per heavy atom. The Bertz CT molecular complexity index is 1240. The van der Waals surface area contributed by atoms with Crippen molar-refractivity contribution in [3.05, 3.63) is 53.1 Å². The summed E-state index contributed by atoms with van der Waals surface area (Å²) in [6, 6.07) is 12.3. The average Bonchev–Trinajstić information content (AvgIpc) is 3.21. The zero-order valence-corrected chi connectivity index (χ0v) is 19.6. The second-order valence-electron chi connectivity index (χ2n) is 8.33. The maximum atomic E-state index is 13.3. The van der Waals surface area contributed by atoms with E-state index in [4.69, 9.17) is 11.6 Å². The Hall–Kier alpha value is -2.49. The van der Waals surface area contributed by atoms with Crippen LogP contribution in [0.2, 0.25) is 5.02 Å². The van der Waals surface area contributed by atoms with Gasteiger partial charge in [0.05, 0.1) is 16.3 Å². The fraction of sp³-hybridized carbons (Fsp3) is 0.409. The smallest absolute Gasteiger partial charge is 0.243 e. The van der Waals surface area contributed by atoms with E-state index in [1.165, 1.54) is 4.31 Å². The van der Waals surface area contributed by atoms with Crippen LogP contribution in [-0.2, 0) is 21.4 Å². The summed E-state index contributed by atoms with van der Waals surface area (Å²) in [5, 5.41) is 11.7. The number of carbonyl (C=O) groups is 1. The zero-order chi connectivity index (χ0) is 22.9. The summed E-state index contributed by atoms with van der Waals surface area (Å²) in [4.78, 5) is 12.9. The highest BCUT2D eigenvalue weighted by molar-refractivity contribution is 7.89. The van der Waals surface area contributed by atoms with Crippen LogP contribution in [0.3, 0.4) is 0 Å². The summed E-state index contributed by atoms with van der Waals surface area (Å²) >= 11 is 5.99. The minimum absolute atomic E-state index is 0.121. The first-order valence-electron chi connectivity index (χ1n) is 10.6. The van der Waals surface area contributed by atoms with E-state index in [2.05, 4.69) is 15.6 Å². The van der Waals surface area contributed by atoms with Crippen molar-refractivity contribution < 1.29 is 13.2 Å². The molecule has 1 fully saturated rings. The molecule has 0 unspecified atom stereocenters. The van der Waals surface area contributed by atoms with Crippen molar-refractivity contribution in [2.45, 2.75) is 44.2 Å². The van der Waals surface area contributed by atoms with Crippen LogP contribution < -0.4 is 5.32 Å². The van der Waals surface area contributed by atoms with Crippen LogP contribution >= 0.6 is 11.6 Å². The molecule has 2 aromatic carbocycles. The molecule has 2 heterocycles. The number of benzene rings is 2. The third kappa shape index (κ3) is 4.65. The van der Waals surface area contributed by atoms with Gasteiger partial charge in [0.1, 0.15) is 5.52 Å². The third-order valence-corrected chi connectivity index (χ3v) is 7.78. The molecule has 8 nitrogen and oxygen atoms in total. The molecule has 3 aromatic rings. The maximum Gasteiger partial charge on any atom is 0.243 e. The number of aromatic nitrogens is 3. The van der Waals surface area contributed by atoms with Gasteiger partial charge in [0.15, 0.2) is 0 Å². The molecule has 0 spiro atoms. The third-order valence-electron chi connectivity index (χ3n) is 5.68. The zero-order valence-electron chi connectivity index (χ0n) is 18.0. The summed E-state index contributed by atoms with van der Waals surface area (Å²) in [5.41, 5.74) is 2.22. The number of nitrogens with one attached hydrogen (secondary N) is 1. The lowest BCUT2D eigenvalue weighted by Crippen LogP contribution is -2.45. The minimum Gasteiger partial charge on any atom is -0.352 e. The van der Waals surface area contributed by atoms with E-state index in [1.807, 2.05) is 26.0 Å². The van der Waals surface area contributed by atoms with E-state index in [0.29, 0.717) is 36.5 Å². The lowest BCUT2D eigenvalue weighted by Gasteiger charge is -2.31. The predicted molar refractivity (Wildman–Crippen MR) is 123 cm³/mol. The van der Waals surface area contributed by atoms with Crippen LogP contribution in [0.5, 0.6) is 0 Å². The Morgan fingerprint density at radius 2 is 2.06 bits per heavy atom. The Morgan fingerprint density at radius 3 is 2.81 bits per heavy atom. The predicted octanol–water partition coefficient (Wildman–Crippen LogP) is 3.38. The van der Waals surface area contributed by atoms with Crippen molar-refractivity contribution in [3.8, 4) is 0 Å². The van der Waals surface area contributed by atoms with Crippen molar-refractivity contribution in [2.75, 3.05) is 13.1 Å². The highest BCUT2D eigenvalue weighted by Crippen LogP contribution is 2.26. The van der Waals surface area contributed by atoms with Gasteiger partial charge in [0.25, 0.3) is 0 Å². The van der Waals surface area contributed by atoms with E-state index in [9.17, 15) is 13.2 Å². The number of hydrogen-bond acceptors (Lipinski definition) is 5. The highest BCUT2D eigenvalue weighted by Gasteiger charge is 2.33. The molecule has 0 aliphatic carbocycles. The number of halogens is 1. The molecule has 1 aliphatic heterocycles. The second-order valence-corrected chi connectivity index (χ2v) is 10.7. The first kappa shape index (κ1) is 22.7. The van der Waals surface area contributed by atoms with Crippen molar-refractivity contribution >= 4 is 38.6 Å². The molecule has 1 N–H and O–H groups in total. The summed E-state index contributed by atoms with van der Waals surface area (Å²) in [7, 11) is -3.74. The molecule has 32 heavy (non-hydrogen) atoms. The molecule has 1 aromatic heterocycles. The number of fused-ring (bicyclic) bond motifs is 1. The van der Waals surface area contributed by atoms with Crippen molar-refractivity contribution in [2.24, 2.45) is 5.92 Å². The van der Waals surface area contributed by atoms with Gasteiger partial charge in [0.2, 0.25) is 15.9 Å². The fourth-order valence-electron chi connectivity index (χ4n) is 3.97. The van der Waals surface area contributed by atoms with Crippen LogP contribution in [0.1, 0.15) is 38.3 Å². The van der Waals surface area contributed by atoms with Crippen molar-refractivity contribution in [1.82, 2.24) is 24.6 Å². The van der Waals surface area contributed by atoms with Crippen LogP contribution in [-0.4, -0.2) is 46.7 Å². The molecule has 4 rings (SSSR count). The molecular formula is C22H26ClN5O3S. The van der Waals surface area contributed by atoms with Gasteiger partial charge in [0, 0.05) is 30.7 Å². The first-order valence-corrected chi connectivity index (χ1v) is 12.4. The van der Waals surface area contributed by atoms with E-state index in [0.717, 1.165) is 11.1 Å². The molecule has 1 aliphatic rings. The lowest BCUT2D eigenvalue weighted by atomic mass is 9.99. The second kappa shape index (κ2) is 9.17. The minimum atomic E-state index is -3.74. The van der Waals surface area contributed by atoms with Crippen LogP contribution in [0.15, 0.2) is 47.4 Å². The van der Waals surface area contributed by atoms with Crippen LogP contribution in [0.25, 0.3) is 11.0 Å². The summed E-state index contributed by atoms with van der Waals surface area (Å²) in [6.07, 6.45) is 1.27. The number of carbonyl (C=O) groups excluding carboxylic acids is 1. The van der Waals surface area contributed by atoms with Gasteiger partial charge in [-0.25, -0.2) is 13.1 Å². The van der Waals surface area contributed by atoms with Gasteiger partial charge in [-0.3, -0.25) is 4.79 Å². The Kier molecular flexibility index (Phi) is 6.50. The average molecular weight is 476 g/mol. The standard InChI is InChI=1S/C22H26ClN5O3S/c1-15(2)28-21-9-8-19(12-20(21)25-26-28)32(30,31)27-10-4-6-17(14-27)22(29)24-13-16-5-3-7-18(23)11-16/h3,5,7-9,11-12,15,17H,4,6,10,13-14H2,1-2H3,(H,24,29)/t17-/m1/s1. The molecule has 1 saturated heterocycles. The van der Waals surface area contributed by atoms with Gasteiger partial charge < -0.3 is 5.32 Å². The summed E-state index contributed by atoms with van der Waals surface area (Å²) in [6.45, 7) is 4.87. The molecule has 10 heteroatoms. The van der Waals surface area contributed by atoms with Gasteiger partial charge in [-0.05, 0) is 62.6 Å². The number of nitrogens with zero attached hydrogens (tertiary/aromatic N) is 4. The fourth-order valence-corrected chi connectivity index (χ4v) is 5.73. The molecule has 0 saturated carbocycles. The SMILES string of the molecule is CC(C)n1nnc2cc(S(=O)(=O)N3CCC[C@@H](C(=O)NCc4cccc(Cl)c4)C3)ccc21. The summed E-state index contributed by atoms with van der Waals surface area (Å²) < 4.78 is 29.7. The Balaban J connectivity index is 1.47. The lowest BCUT2D eigenvalue weighted by molar-refractivity contribution is -0.126. The highest BCUT2D eigenvalue weighted by atomic mass is 35.5. The van der Waals surface area contributed by atoms with Crippen LogP contribution in [0, 0.1) is 5.92 Å². The van der Waals surface area contributed by atoms with E-state index >= 15 is 0 Å². The van der Waals surface area contributed by atoms with Crippen LogP contribution in [0.4, 0.5) is 0 Å². The molecule has 0 radical (unpaired) electrons. The van der Waals surface area contributed by atoms with Gasteiger partial charge in [-0.15, -0.1) is 5.10 Å². The van der Waals surface area contributed by atoms with E-state index < -0.39 is 15.9 Å². The summed E-state index contributed by atoms with van der Waals surface area (Å²) in [5.74, 6) is -0.552. The number of sulfonamides is 1. The number of piperidine rings is 1. The topological polar surface area (TPSA) is 97.2 Å². The largest absolute Gasteiger partial charge is 0.352 e. The van der Waals surface area contributed by atoms with Crippen molar-refractivity contribution in [3.63, 3.8) is 0 Å². The maximum absolute atomic E-state index is 13.3. The first-order chi connectivity index (χ1) is 15.3. The molecule has 1 amide bonds. The quantitative estimate of drug-likeness (QED) is 0.589. The van der Waals surface area contributed by atoms with Gasteiger partial charge in [-0.1, -0.05) is 28.9 Å². The molecule has 0 bridgehead atoms. The van der Waals surface area contributed by atoms with Gasteiger partial charge in [-0.2, -0.15) is 4.31 Å². The van der Waals surface area contributed by atoms with E-state index in [-0.39, 0.29) is 23.4 Å². The van der Waals surface area contributed by atoms with Gasteiger partial charge >= 0.3 is 0 Å². The number of hydrogen-bond donors (Lipinski definition) is 1.